The van der Waals surface area contributed by atoms with Gasteiger partial charge in [0.25, 0.3) is 5.91 Å². The molecule has 11 heteroatoms. The van der Waals surface area contributed by atoms with E-state index in [9.17, 15) is 13.2 Å². The lowest BCUT2D eigenvalue weighted by Gasteiger charge is -2.39. The summed E-state index contributed by atoms with van der Waals surface area (Å²) in [7, 11) is -3.78. The van der Waals surface area contributed by atoms with E-state index in [0.29, 0.717) is 17.4 Å². The summed E-state index contributed by atoms with van der Waals surface area (Å²) in [5, 5.41) is 11.5. The van der Waals surface area contributed by atoms with Crippen molar-refractivity contribution in [2.75, 3.05) is 32.7 Å². The molecule has 0 unspecified atom stereocenters. The molecule has 2 heterocycles. The smallest absolute Gasteiger partial charge is 0.252 e. The number of hydrazine groups is 1. The predicted octanol–water partition coefficient (Wildman–Crippen LogP) is 2.71. The molecule has 2 aliphatic rings. The summed E-state index contributed by atoms with van der Waals surface area (Å²) in [6.07, 6.45) is 1.67. The number of piperazine rings is 1. The number of piperidine rings is 1. The minimum Gasteiger partial charge on any atom is -0.361 e. The van der Waals surface area contributed by atoms with Crippen LogP contribution in [-0.4, -0.2) is 73.1 Å². The van der Waals surface area contributed by atoms with Gasteiger partial charge in [-0.3, -0.25) is 15.2 Å². The number of likely N-dealkylation sites (tertiary alicyclic amines) is 1. The maximum Gasteiger partial charge on any atom is 0.252 e. The van der Waals surface area contributed by atoms with Gasteiger partial charge in [-0.2, -0.15) is 4.31 Å². The van der Waals surface area contributed by atoms with E-state index in [1.54, 1.807) is 48.3 Å². The van der Waals surface area contributed by atoms with Crippen LogP contribution < -0.4 is 5.43 Å². The highest BCUT2D eigenvalue weighted by atomic mass is 35.5. The van der Waals surface area contributed by atoms with Crippen LogP contribution in [0.15, 0.2) is 41.3 Å². The number of benzene rings is 2. The number of rotatable bonds is 4. The summed E-state index contributed by atoms with van der Waals surface area (Å²) in [5.41, 5.74) is 3.26. The van der Waals surface area contributed by atoms with E-state index in [4.69, 9.17) is 17.0 Å². The van der Waals surface area contributed by atoms with Gasteiger partial charge in [-0.05, 0) is 54.8 Å². The third-order valence-electron chi connectivity index (χ3n) is 5.90. The molecule has 0 bridgehead atoms. The first-order chi connectivity index (χ1) is 14.7. The van der Waals surface area contributed by atoms with Gasteiger partial charge in [0, 0.05) is 30.7 Å². The average Bonchev–Trinajstić information content (AvgIpc) is 2.75. The molecule has 2 aromatic carbocycles. The largest absolute Gasteiger partial charge is 0.361 e. The third-order valence-corrected chi connectivity index (χ3v) is 7.98. The lowest BCUT2D eigenvalue weighted by Crippen LogP contribution is -2.60. The van der Waals surface area contributed by atoms with Crippen LogP contribution in [0.2, 0.25) is 5.02 Å². The van der Waals surface area contributed by atoms with Crippen molar-refractivity contribution in [2.24, 2.45) is 0 Å². The zero-order valence-electron chi connectivity index (χ0n) is 17.8. The number of carbonyl (C=O) groups excluding carboxylic acids is 1. The van der Waals surface area contributed by atoms with Crippen molar-refractivity contribution >= 4 is 56.5 Å². The second-order valence-corrected chi connectivity index (χ2v) is 10.4. The Morgan fingerprint density at radius 3 is 2.38 bits per heavy atom. The van der Waals surface area contributed by atoms with Crippen molar-refractivity contribution < 1.29 is 13.2 Å². The minimum atomic E-state index is -3.78. The maximum atomic E-state index is 13.1. The molecule has 8 nitrogen and oxygen atoms in total. The SMILES string of the molecule is CC(=N)N1CCC(NN2CCN(S(=O)(=O)c3ccc4cc(Cl)ccc4c3)CC2=O)CC1.Cl. The highest BCUT2D eigenvalue weighted by Gasteiger charge is 2.34. The average molecular weight is 500 g/mol. The van der Waals surface area contributed by atoms with Gasteiger partial charge in [0.1, 0.15) is 0 Å². The van der Waals surface area contributed by atoms with Gasteiger partial charge in [-0.15, -0.1) is 12.4 Å². The fraction of sp³-hybridized carbons (Fsp3) is 0.429. The van der Waals surface area contributed by atoms with Crippen molar-refractivity contribution in [2.45, 2.75) is 30.7 Å². The molecule has 0 spiro atoms. The number of carbonyl (C=O) groups is 1. The van der Waals surface area contributed by atoms with Gasteiger partial charge in [-0.25, -0.2) is 13.8 Å². The van der Waals surface area contributed by atoms with Gasteiger partial charge in [0.05, 0.1) is 23.8 Å². The van der Waals surface area contributed by atoms with Crippen molar-refractivity contribution in [3.8, 4) is 0 Å². The molecule has 4 rings (SSSR count). The van der Waals surface area contributed by atoms with Crippen LogP contribution in [0.25, 0.3) is 10.8 Å². The summed E-state index contributed by atoms with van der Waals surface area (Å²) in [6.45, 7) is 3.68. The van der Waals surface area contributed by atoms with Gasteiger partial charge in [0.2, 0.25) is 10.0 Å². The quantitative estimate of drug-likeness (QED) is 0.497. The molecule has 0 atom stereocenters. The first-order valence-electron chi connectivity index (χ1n) is 10.3. The van der Waals surface area contributed by atoms with Crippen LogP contribution in [0.1, 0.15) is 19.8 Å². The van der Waals surface area contributed by atoms with E-state index >= 15 is 0 Å². The zero-order chi connectivity index (χ0) is 22.2. The monoisotopic (exact) mass is 499 g/mol. The molecule has 2 saturated heterocycles. The highest BCUT2D eigenvalue weighted by Crippen LogP contribution is 2.25. The molecule has 1 amide bonds. The first kappa shape index (κ1) is 24.7. The number of halogens is 2. The van der Waals surface area contributed by atoms with E-state index in [1.807, 2.05) is 4.90 Å². The Balaban J connectivity index is 0.00000289. The summed E-state index contributed by atoms with van der Waals surface area (Å²) in [6, 6.07) is 10.4. The molecule has 2 aliphatic heterocycles. The number of hydrogen-bond donors (Lipinski definition) is 2. The van der Waals surface area contributed by atoms with Crippen LogP contribution in [0.5, 0.6) is 0 Å². The number of fused-ring (bicyclic) bond motifs is 1. The zero-order valence-corrected chi connectivity index (χ0v) is 20.1. The molecule has 0 radical (unpaired) electrons. The van der Waals surface area contributed by atoms with Crippen LogP contribution >= 0.6 is 24.0 Å². The summed E-state index contributed by atoms with van der Waals surface area (Å²) >= 11 is 6.00. The number of sulfonamides is 1. The van der Waals surface area contributed by atoms with E-state index < -0.39 is 10.0 Å². The molecule has 0 aromatic heterocycles. The lowest BCUT2D eigenvalue weighted by molar-refractivity contribution is -0.138. The Morgan fingerprint density at radius 1 is 1.06 bits per heavy atom. The first-order valence-corrected chi connectivity index (χ1v) is 12.1. The van der Waals surface area contributed by atoms with Crippen molar-refractivity contribution in [1.29, 1.82) is 5.41 Å². The van der Waals surface area contributed by atoms with Gasteiger partial charge >= 0.3 is 0 Å². The molecule has 32 heavy (non-hydrogen) atoms. The fourth-order valence-corrected chi connectivity index (χ4v) is 5.66. The Bertz CT molecular complexity index is 1120. The molecule has 2 N–H and O–H groups in total. The van der Waals surface area contributed by atoms with E-state index in [-0.39, 0.29) is 42.3 Å². The molecule has 0 saturated carbocycles. The third kappa shape index (κ3) is 5.18. The molecular formula is C21H27Cl2N5O3S. The van der Waals surface area contributed by atoms with E-state index in [1.165, 1.54) is 4.31 Å². The number of hydrogen-bond acceptors (Lipinski definition) is 5. The lowest BCUT2D eigenvalue weighted by atomic mass is 10.1. The Labute approximate surface area is 199 Å². The molecule has 0 aliphatic carbocycles. The summed E-state index contributed by atoms with van der Waals surface area (Å²) in [5.74, 6) is 0.304. The predicted molar refractivity (Wildman–Crippen MR) is 128 cm³/mol. The van der Waals surface area contributed by atoms with Crippen LogP contribution in [-0.2, 0) is 14.8 Å². The summed E-state index contributed by atoms with van der Waals surface area (Å²) < 4.78 is 27.5. The fourth-order valence-electron chi connectivity index (χ4n) is 4.06. The Morgan fingerprint density at radius 2 is 1.72 bits per heavy atom. The summed E-state index contributed by atoms with van der Waals surface area (Å²) in [4.78, 5) is 14.9. The molecular weight excluding hydrogens is 473 g/mol. The number of amides is 1. The van der Waals surface area contributed by atoms with Crippen LogP contribution in [0.4, 0.5) is 0 Å². The second kappa shape index (κ2) is 9.93. The van der Waals surface area contributed by atoms with Crippen LogP contribution in [0, 0.1) is 5.41 Å². The molecule has 2 aromatic rings. The topological polar surface area (TPSA) is 96.8 Å². The number of nitrogens with zero attached hydrogens (tertiary/aromatic N) is 3. The highest BCUT2D eigenvalue weighted by molar-refractivity contribution is 7.89. The van der Waals surface area contributed by atoms with Gasteiger partial charge in [-0.1, -0.05) is 23.7 Å². The van der Waals surface area contributed by atoms with Crippen molar-refractivity contribution in [3.63, 3.8) is 0 Å². The molecule has 174 valence electrons. The van der Waals surface area contributed by atoms with Gasteiger partial charge < -0.3 is 4.90 Å². The number of nitrogens with one attached hydrogen (secondary N) is 2. The minimum absolute atomic E-state index is 0. The molecule has 2 fully saturated rings. The standard InChI is InChI=1S/C21H26ClN5O3S.ClH/c1-15(23)25-8-6-19(7-9-25)24-27-11-10-26(14-21(27)28)31(29,30)20-5-3-16-12-18(22)4-2-17(16)13-20;/h2-5,12-13,19,23-24H,6-11,14H2,1H3;1H. The van der Waals surface area contributed by atoms with Gasteiger partial charge in [0.15, 0.2) is 0 Å². The van der Waals surface area contributed by atoms with Crippen molar-refractivity contribution in [3.05, 3.63) is 41.4 Å². The van der Waals surface area contributed by atoms with E-state index in [0.717, 1.165) is 36.7 Å². The number of amidine groups is 1. The Kier molecular flexibility index (Phi) is 7.67. The normalized spacial score (nSPS) is 18.6. The van der Waals surface area contributed by atoms with Crippen molar-refractivity contribution in [1.82, 2.24) is 19.6 Å². The van der Waals surface area contributed by atoms with E-state index in [2.05, 4.69) is 5.43 Å². The second-order valence-electron chi connectivity index (χ2n) is 8.01. The maximum absolute atomic E-state index is 13.1. The van der Waals surface area contributed by atoms with Crippen LogP contribution in [0.3, 0.4) is 0 Å². The Hall–Kier alpha value is -1.91.